The Bertz CT molecular complexity index is 37.4. The summed E-state index contributed by atoms with van der Waals surface area (Å²) in [5.74, 6) is 1.31. The number of nitrogens with two attached hydrogens (primary N) is 1. The first kappa shape index (κ1) is 9.11. The zero-order valence-electron chi connectivity index (χ0n) is 5.02. The summed E-state index contributed by atoms with van der Waals surface area (Å²) in [5, 5.41) is 0. The van der Waals surface area contributed by atoms with E-state index in [1.807, 2.05) is 11.8 Å². The Labute approximate surface area is 68.9 Å². The SMILES string of the molecule is NCCCCS[CH2][Sn]. The predicted molar refractivity (Wildman–Crippen MR) is 41.4 cm³/mol. The van der Waals surface area contributed by atoms with Gasteiger partial charge in [0.05, 0.1) is 0 Å². The molecule has 0 aliphatic carbocycles. The molecule has 1 nitrogen and oxygen atoms in total. The van der Waals surface area contributed by atoms with Crippen molar-refractivity contribution in [3.8, 4) is 0 Å². The Morgan fingerprint density at radius 1 is 1.38 bits per heavy atom. The first-order valence-corrected chi connectivity index (χ1v) is 6.01. The molecule has 0 aromatic heterocycles. The van der Waals surface area contributed by atoms with Crippen molar-refractivity contribution in [1.29, 1.82) is 0 Å². The fourth-order valence-corrected chi connectivity index (χ4v) is 2.21. The molecule has 3 radical (unpaired) electrons. The van der Waals surface area contributed by atoms with E-state index in [0.29, 0.717) is 0 Å². The molecule has 0 bridgehead atoms. The molecule has 0 fully saturated rings. The third-order valence-electron chi connectivity index (χ3n) is 0.845. The molecule has 0 rings (SSSR count). The normalized spacial score (nSPS) is 9.75. The van der Waals surface area contributed by atoms with Gasteiger partial charge in [-0.25, -0.2) is 0 Å². The van der Waals surface area contributed by atoms with Crippen LogP contribution in [0.5, 0.6) is 0 Å². The first-order chi connectivity index (χ1) is 3.91. The molecule has 3 heteroatoms. The Balaban J connectivity index is 2.53. The zero-order valence-corrected chi connectivity index (χ0v) is 8.69. The molecular formula is C5H12NSSn. The second-order valence-corrected chi connectivity index (χ2v) is 5.13. The topological polar surface area (TPSA) is 26.0 Å². The fraction of sp³-hybridized carbons (Fsp3) is 1.00. The van der Waals surface area contributed by atoms with Crippen LogP contribution in [0.3, 0.4) is 0 Å². The molecule has 0 amide bonds. The summed E-state index contributed by atoms with van der Waals surface area (Å²) in [6.45, 7) is 0.859. The van der Waals surface area contributed by atoms with Crippen LogP contribution in [0.15, 0.2) is 0 Å². The molecule has 0 atom stereocenters. The van der Waals surface area contributed by atoms with E-state index in [2.05, 4.69) is 0 Å². The summed E-state index contributed by atoms with van der Waals surface area (Å²) in [6.07, 6.45) is 2.50. The zero-order chi connectivity index (χ0) is 6.24. The van der Waals surface area contributed by atoms with Gasteiger partial charge in [0, 0.05) is 0 Å². The molecule has 0 unspecified atom stereocenters. The molecule has 0 aromatic carbocycles. The molecule has 0 saturated heterocycles. The van der Waals surface area contributed by atoms with Crippen LogP contribution < -0.4 is 5.73 Å². The summed E-state index contributed by atoms with van der Waals surface area (Å²) in [6, 6.07) is 0. The number of unbranched alkanes of at least 4 members (excludes halogenated alkanes) is 1. The molecule has 8 heavy (non-hydrogen) atoms. The van der Waals surface area contributed by atoms with Crippen molar-refractivity contribution in [2.24, 2.45) is 5.73 Å². The summed E-state index contributed by atoms with van der Waals surface area (Å²) in [4.78, 5) is 0. The predicted octanol–water partition coefficient (Wildman–Crippen LogP) is 0.585. The minimum absolute atomic E-state index is 0.859. The standard InChI is InChI=1S/C5H12NS.Sn/c1-7-5-3-2-4-6;/h1-6H2;. The van der Waals surface area contributed by atoms with E-state index >= 15 is 0 Å². The Morgan fingerprint density at radius 3 is 2.62 bits per heavy atom. The van der Waals surface area contributed by atoms with E-state index in [0.717, 1.165) is 6.54 Å². The average Bonchev–Trinajstić information content (AvgIpc) is 1.81. The maximum atomic E-state index is 5.31. The Kier molecular flexibility index (Phi) is 9.23. The third-order valence-corrected chi connectivity index (χ3v) is 3.37. The molecule has 0 aliphatic rings. The van der Waals surface area contributed by atoms with Gasteiger partial charge in [-0.3, -0.25) is 0 Å². The van der Waals surface area contributed by atoms with Gasteiger partial charge in [0.25, 0.3) is 0 Å². The molecule has 47 valence electrons. The van der Waals surface area contributed by atoms with Crippen molar-refractivity contribution >= 4 is 34.3 Å². The van der Waals surface area contributed by atoms with Crippen LogP contribution >= 0.6 is 11.8 Å². The number of thioether (sulfide) groups is 1. The molecule has 0 aromatic rings. The quantitative estimate of drug-likeness (QED) is 0.559. The molecule has 0 aliphatic heterocycles. The van der Waals surface area contributed by atoms with Crippen LogP contribution in [0.1, 0.15) is 12.8 Å². The molecule has 0 saturated carbocycles. The van der Waals surface area contributed by atoms with Crippen molar-refractivity contribution < 1.29 is 0 Å². The van der Waals surface area contributed by atoms with E-state index in [1.165, 1.54) is 22.4 Å². The number of hydrogen-bond acceptors (Lipinski definition) is 2. The Hall–Kier alpha value is 1.11. The summed E-state index contributed by atoms with van der Waals surface area (Å²) in [5.41, 5.74) is 5.31. The van der Waals surface area contributed by atoms with E-state index in [1.54, 1.807) is 22.5 Å². The average molecular weight is 237 g/mol. The second kappa shape index (κ2) is 8.11. The van der Waals surface area contributed by atoms with Gasteiger partial charge >= 0.3 is 68.9 Å². The molecule has 0 spiro atoms. The summed E-state index contributed by atoms with van der Waals surface area (Å²) in [7, 11) is 0. The van der Waals surface area contributed by atoms with Crippen LogP contribution in [0, 0.1) is 0 Å². The molecular weight excluding hydrogens is 225 g/mol. The monoisotopic (exact) mass is 238 g/mol. The van der Waals surface area contributed by atoms with Gasteiger partial charge in [-0.05, 0) is 0 Å². The molecule has 0 heterocycles. The van der Waals surface area contributed by atoms with Crippen LogP contribution in [-0.2, 0) is 0 Å². The van der Waals surface area contributed by atoms with Crippen molar-refractivity contribution in [1.82, 2.24) is 0 Å². The van der Waals surface area contributed by atoms with Gasteiger partial charge in [0.2, 0.25) is 0 Å². The van der Waals surface area contributed by atoms with E-state index in [-0.39, 0.29) is 0 Å². The van der Waals surface area contributed by atoms with Crippen LogP contribution in [0.25, 0.3) is 0 Å². The van der Waals surface area contributed by atoms with Gasteiger partial charge in [0.1, 0.15) is 0 Å². The van der Waals surface area contributed by atoms with Crippen LogP contribution in [0.4, 0.5) is 0 Å². The van der Waals surface area contributed by atoms with Gasteiger partial charge in [-0.15, -0.1) is 0 Å². The van der Waals surface area contributed by atoms with Crippen molar-refractivity contribution in [3.63, 3.8) is 0 Å². The van der Waals surface area contributed by atoms with E-state index < -0.39 is 0 Å². The van der Waals surface area contributed by atoms with E-state index in [9.17, 15) is 0 Å². The van der Waals surface area contributed by atoms with Crippen LogP contribution in [0.2, 0.25) is 0 Å². The maximum absolute atomic E-state index is 5.31. The third kappa shape index (κ3) is 7.11. The number of rotatable bonds is 5. The van der Waals surface area contributed by atoms with Gasteiger partial charge in [0.15, 0.2) is 0 Å². The second-order valence-electron chi connectivity index (χ2n) is 1.55. The fourth-order valence-electron chi connectivity index (χ4n) is 0.421. The van der Waals surface area contributed by atoms with Gasteiger partial charge < -0.3 is 0 Å². The van der Waals surface area contributed by atoms with Crippen molar-refractivity contribution in [3.05, 3.63) is 0 Å². The van der Waals surface area contributed by atoms with Crippen LogP contribution in [-0.4, -0.2) is 38.6 Å². The summed E-state index contributed by atoms with van der Waals surface area (Å²) < 4.78 is 1.33. The van der Waals surface area contributed by atoms with E-state index in [4.69, 9.17) is 5.73 Å². The van der Waals surface area contributed by atoms with Gasteiger partial charge in [-0.1, -0.05) is 0 Å². The Morgan fingerprint density at radius 2 is 2.12 bits per heavy atom. The van der Waals surface area contributed by atoms with Gasteiger partial charge in [-0.2, -0.15) is 0 Å². The van der Waals surface area contributed by atoms with Crippen molar-refractivity contribution in [2.75, 3.05) is 16.1 Å². The summed E-state index contributed by atoms with van der Waals surface area (Å²) >= 11 is 3.67. The minimum atomic E-state index is 0.859. The first-order valence-electron chi connectivity index (χ1n) is 2.84. The van der Waals surface area contributed by atoms with Crippen molar-refractivity contribution in [2.45, 2.75) is 12.8 Å². The molecule has 2 N–H and O–H groups in total. The number of hydrogen-bond donors (Lipinski definition) is 1.